The first-order valence-corrected chi connectivity index (χ1v) is 11.7. The highest BCUT2D eigenvalue weighted by Gasteiger charge is 2.48. The molecule has 3 aromatic rings. The summed E-state index contributed by atoms with van der Waals surface area (Å²) in [5, 5.41) is 4.26. The number of amides is 1. The Morgan fingerprint density at radius 2 is 1.43 bits per heavy atom. The summed E-state index contributed by atoms with van der Waals surface area (Å²) in [7, 11) is -5.82. The van der Waals surface area contributed by atoms with E-state index in [2.05, 4.69) is 14.7 Å². The Kier molecular flexibility index (Phi) is 8.13. The minimum Gasteiger partial charge on any atom is -0.449 e. The summed E-state index contributed by atoms with van der Waals surface area (Å²) in [5.74, 6) is -1.02. The lowest BCUT2D eigenvalue weighted by Gasteiger charge is -2.21. The van der Waals surface area contributed by atoms with Crippen molar-refractivity contribution < 1.29 is 35.3 Å². The molecule has 11 heteroatoms. The number of hydrogen-bond donors (Lipinski definition) is 1. The third-order valence-corrected chi connectivity index (χ3v) is 5.70. The van der Waals surface area contributed by atoms with E-state index < -0.39 is 33.4 Å². The Morgan fingerprint density at radius 3 is 1.89 bits per heavy atom. The second-order valence-corrected chi connectivity index (χ2v) is 8.63. The lowest BCUT2D eigenvalue weighted by molar-refractivity contribution is -0.0500. The van der Waals surface area contributed by atoms with Crippen molar-refractivity contribution in [2.45, 2.75) is 18.3 Å². The Morgan fingerprint density at radius 1 is 0.914 bits per heavy atom. The van der Waals surface area contributed by atoms with Crippen LogP contribution >= 0.6 is 0 Å². The minimum absolute atomic E-state index is 0.122. The third kappa shape index (κ3) is 6.60. The summed E-state index contributed by atoms with van der Waals surface area (Å²) in [6.07, 6.45) is -0.791. The van der Waals surface area contributed by atoms with Gasteiger partial charge < -0.3 is 8.92 Å². The van der Waals surface area contributed by atoms with Crippen LogP contribution in [-0.4, -0.2) is 32.3 Å². The van der Waals surface area contributed by atoms with Gasteiger partial charge in [-0.05, 0) is 47.9 Å². The zero-order valence-corrected chi connectivity index (χ0v) is 19.2. The molecule has 0 unspecified atom stereocenters. The molecule has 3 rings (SSSR count). The fraction of sp³-hybridized carbons (Fsp3) is 0.167. The second-order valence-electron chi connectivity index (χ2n) is 7.09. The number of rotatable bonds is 8. The summed E-state index contributed by atoms with van der Waals surface area (Å²) in [6, 6.07) is 23.3. The van der Waals surface area contributed by atoms with Gasteiger partial charge in [0.05, 0.1) is 18.2 Å². The summed E-state index contributed by atoms with van der Waals surface area (Å²) in [5.41, 5.74) is -0.858. The van der Waals surface area contributed by atoms with E-state index in [0.717, 1.165) is 23.3 Å². The van der Waals surface area contributed by atoms with E-state index in [1.165, 1.54) is 12.1 Å². The maximum Gasteiger partial charge on any atom is 0.534 e. The van der Waals surface area contributed by atoms with Crippen LogP contribution in [0.15, 0.2) is 90.0 Å². The molecule has 0 saturated carbocycles. The third-order valence-electron chi connectivity index (χ3n) is 4.72. The van der Waals surface area contributed by atoms with E-state index in [4.69, 9.17) is 4.74 Å². The summed E-state index contributed by atoms with van der Waals surface area (Å²) in [4.78, 5) is 11.9. The molecular weight excluding hydrogens is 485 g/mol. The lowest BCUT2D eigenvalue weighted by Crippen LogP contribution is -2.28. The second kappa shape index (κ2) is 11.0. The molecule has 0 saturated heterocycles. The number of halogens is 3. The van der Waals surface area contributed by atoms with Crippen LogP contribution in [0.25, 0.3) is 0 Å². The molecule has 0 aliphatic carbocycles. The number of nitrogens with one attached hydrogen (secondary N) is 1. The monoisotopic (exact) mass is 506 g/mol. The van der Waals surface area contributed by atoms with Gasteiger partial charge in [0.2, 0.25) is 0 Å². The highest BCUT2D eigenvalue weighted by molar-refractivity contribution is 7.88. The maximum absolute atomic E-state index is 12.7. The van der Waals surface area contributed by atoms with Gasteiger partial charge in [0, 0.05) is 0 Å². The predicted octanol–water partition coefficient (Wildman–Crippen LogP) is 5.20. The molecular formula is C24H21F3N2O5S. The molecule has 1 amide bonds. The lowest BCUT2D eigenvalue weighted by atomic mass is 9.84. The Labute approximate surface area is 200 Å². The van der Waals surface area contributed by atoms with E-state index in [1.807, 2.05) is 60.7 Å². The highest BCUT2D eigenvalue weighted by atomic mass is 32.2. The van der Waals surface area contributed by atoms with E-state index in [1.54, 1.807) is 6.92 Å². The van der Waals surface area contributed by atoms with Gasteiger partial charge in [0.1, 0.15) is 5.75 Å². The summed E-state index contributed by atoms with van der Waals surface area (Å²) in [6.45, 7) is 1.76. The van der Waals surface area contributed by atoms with Crippen LogP contribution in [-0.2, 0) is 14.9 Å². The molecule has 1 N–H and O–H groups in total. The number of alkyl halides is 3. The molecule has 184 valence electrons. The van der Waals surface area contributed by atoms with Crippen molar-refractivity contribution in [1.82, 2.24) is 5.43 Å². The summed E-state index contributed by atoms with van der Waals surface area (Å²) < 4.78 is 69.7. The first-order valence-electron chi connectivity index (χ1n) is 10.3. The van der Waals surface area contributed by atoms with E-state index in [-0.39, 0.29) is 6.61 Å². The fourth-order valence-corrected chi connectivity index (χ4v) is 3.68. The van der Waals surface area contributed by atoms with Crippen molar-refractivity contribution in [2.24, 2.45) is 5.10 Å². The Balaban J connectivity index is 2.07. The number of ether oxygens (including phenoxy) is 1. The van der Waals surface area contributed by atoms with Crippen molar-refractivity contribution in [3.63, 3.8) is 0 Å². The minimum atomic E-state index is -5.82. The number of hydrogen-bond acceptors (Lipinski definition) is 6. The SMILES string of the molecule is CCOC(=O)NN=C(c1ccc(OS(=O)(=O)C(F)(F)F)cc1)C(c1ccccc1)c1ccccc1. The predicted molar refractivity (Wildman–Crippen MR) is 123 cm³/mol. The molecule has 3 aromatic carbocycles. The smallest absolute Gasteiger partial charge is 0.449 e. The van der Waals surface area contributed by atoms with Crippen molar-refractivity contribution in [3.05, 3.63) is 102 Å². The van der Waals surface area contributed by atoms with Gasteiger partial charge >= 0.3 is 21.7 Å². The number of carbonyl (C=O) groups is 1. The molecule has 0 spiro atoms. The largest absolute Gasteiger partial charge is 0.534 e. The molecule has 0 atom stereocenters. The van der Waals surface area contributed by atoms with Gasteiger partial charge in [-0.1, -0.05) is 60.7 Å². The van der Waals surface area contributed by atoms with Gasteiger partial charge in [-0.15, -0.1) is 0 Å². The molecule has 0 bridgehead atoms. The molecule has 0 heterocycles. The van der Waals surface area contributed by atoms with Gasteiger partial charge in [-0.3, -0.25) is 0 Å². The van der Waals surface area contributed by atoms with Crippen molar-refractivity contribution in [1.29, 1.82) is 0 Å². The number of benzene rings is 3. The van der Waals surface area contributed by atoms with Crippen LogP contribution in [0.3, 0.4) is 0 Å². The van der Waals surface area contributed by atoms with E-state index >= 15 is 0 Å². The van der Waals surface area contributed by atoms with Crippen LogP contribution in [0.5, 0.6) is 5.75 Å². The molecule has 0 aliphatic rings. The van der Waals surface area contributed by atoms with Crippen molar-refractivity contribution >= 4 is 21.9 Å². The maximum atomic E-state index is 12.7. The summed E-state index contributed by atoms with van der Waals surface area (Å²) >= 11 is 0. The van der Waals surface area contributed by atoms with Gasteiger partial charge in [0.25, 0.3) is 0 Å². The first-order chi connectivity index (χ1) is 16.6. The number of hydrazone groups is 1. The van der Waals surface area contributed by atoms with E-state index in [0.29, 0.717) is 11.3 Å². The normalized spacial score (nSPS) is 12.3. The van der Waals surface area contributed by atoms with Crippen LogP contribution in [0.4, 0.5) is 18.0 Å². The molecule has 0 aromatic heterocycles. The van der Waals surface area contributed by atoms with E-state index in [9.17, 15) is 26.4 Å². The number of nitrogens with zero attached hydrogens (tertiary/aromatic N) is 1. The van der Waals surface area contributed by atoms with Gasteiger partial charge in [-0.25, -0.2) is 10.2 Å². The molecule has 35 heavy (non-hydrogen) atoms. The van der Waals surface area contributed by atoms with Crippen molar-refractivity contribution in [3.8, 4) is 5.75 Å². The van der Waals surface area contributed by atoms with Crippen LogP contribution in [0.2, 0.25) is 0 Å². The highest BCUT2D eigenvalue weighted by Crippen LogP contribution is 2.31. The Bertz CT molecular complexity index is 1220. The average Bonchev–Trinajstić information content (AvgIpc) is 2.83. The van der Waals surface area contributed by atoms with Crippen LogP contribution in [0, 0.1) is 0 Å². The molecule has 0 radical (unpaired) electrons. The quantitative estimate of drug-likeness (QED) is 0.196. The molecule has 0 fully saturated rings. The van der Waals surface area contributed by atoms with Crippen molar-refractivity contribution in [2.75, 3.05) is 6.61 Å². The fourth-order valence-electron chi connectivity index (χ4n) is 3.22. The van der Waals surface area contributed by atoms with Gasteiger partial charge in [0.15, 0.2) is 0 Å². The van der Waals surface area contributed by atoms with Gasteiger partial charge in [-0.2, -0.15) is 26.7 Å². The molecule has 7 nitrogen and oxygen atoms in total. The first kappa shape index (κ1) is 25.8. The molecule has 0 aliphatic heterocycles. The topological polar surface area (TPSA) is 94.1 Å². The van der Waals surface area contributed by atoms with Crippen LogP contribution in [0.1, 0.15) is 29.5 Å². The zero-order valence-electron chi connectivity index (χ0n) is 18.4. The average molecular weight is 507 g/mol. The Hall–Kier alpha value is -3.86. The van der Waals surface area contributed by atoms with Crippen LogP contribution < -0.4 is 9.61 Å². The zero-order chi connectivity index (χ0) is 25.5. The standard InChI is InChI=1S/C24H21F3N2O5S/c1-2-33-23(30)29-28-22(19-13-15-20(16-14-19)34-35(31,32)24(25,26)27)21(17-9-5-3-6-10-17)18-11-7-4-8-12-18/h3-16,21H,2H2,1H3,(H,29,30). The number of carbonyl (C=O) groups excluding carboxylic acids is 1.